The number of para-hydroxylation sites is 1. The zero-order valence-electron chi connectivity index (χ0n) is 12.8. The second kappa shape index (κ2) is 8.92. The van der Waals surface area contributed by atoms with Crippen LogP contribution >= 0.6 is 23.5 Å². The van der Waals surface area contributed by atoms with Gasteiger partial charge in [0.15, 0.2) is 0 Å². The lowest BCUT2D eigenvalue weighted by Gasteiger charge is -2.24. The van der Waals surface area contributed by atoms with Gasteiger partial charge in [-0.15, -0.1) is 11.8 Å². The largest absolute Gasteiger partial charge is 0.398 e. The van der Waals surface area contributed by atoms with Crippen molar-refractivity contribution >= 4 is 39.2 Å². The van der Waals surface area contributed by atoms with E-state index in [2.05, 4.69) is 0 Å². The highest BCUT2D eigenvalue weighted by Crippen LogP contribution is 2.24. The number of benzene rings is 1. The third-order valence-electron chi connectivity index (χ3n) is 3.32. The number of sulfonamides is 1. The Bertz CT molecular complexity index is 535. The maximum absolute atomic E-state index is 12.3. The van der Waals surface area contributed by atoms with Crippen molar-refractivity contribution in [3.63, 3.8) is 0 Å². The summed E-state index contributed by atoms with van der Waals surface area (Å²) in [6, 6.07) is 7.56. The van der Waals surface area contributed by atoms with Crippen LogP contribution in [0.25, 0.3) is 0 Å². The van der Waals surface area contributed by atoms with Gasteiger partial charge in [-0.25, -0.2) is 12.7 Å². The van der Waals surface area contributed by atoms with E-state index < -0.39 is 10.0 Å². The van der Waals surface area contributed by atoms with E-state index in [9.17, 15) is 8.42 Å². The Morgan fingerprint density at radius 2 is 1.95 bits per heavy atom. The van der Waals surface area contributed by atoms with Gasteiger partial charge in [-0.05, 0) is 37.5 Å². The summed E-state index contributed by atoms with van der Waals surface area (Å²) >= 11 is 3.22. The maximum Gasteiger partial charge on any atom is 0.214 e. The number of nitrogens with two attached hydrogens (primary N) is 1. The fraction of sp³-hybridized carbons (Fsp3) is 0.571. The number of nitrogens with zero attached hydrogens (tertiary/aromatic N) is 1. The van der Waals surface area contributed by atoms with E-state index in [0.717, 1.165) is 17.1 Å². The maximum atomic E-state index is 12.3. The van der Waals surface area contributed by atoms with Crippen LogP contribution in [0.3, 0.4) is 0 Å². The Morgan fingerprint density at radius 1 is 1.29 bits per heavy atom. The summed E-state index contributed by atoms with van der Waals surface area (Å²) in [5.74, 6) is 1.61. The van der Waals surface area contributed by atoms with Crippen LogP contribution in [-0.2, 0) is 10.0 Å². The molecule has 120 valence electrons. The Kier molecular flexibility index (Phi) is 7.94. The Labute approximate surface area is 136 Å². The van der Waals surface area contributed by atoms with Gasteiger partial charge < -0.3 is 5.73 Å². The highest BCUT2D eigenvalue weighted by molar-refractivity contribution is 8.00. The van der Waals surface area contributed by atoms with Crippen LogP contribution < -0.4 is 5.73 Å². The molecule has 7 heteroatoms. The van der Waals surface area contributed by atoms with E-state index in [0.29, 0.717) is 11.4 Å². The van der Waals surface area contributed by atoms with E-state index in [1.54, 1.807) is 18.8 Å². The first-order valence-electron chi connectivity index (χ1n) is 6.80. The molecule has 1 atom stereocenters. The second-order valence-electron chi connectivity index (χ2n) is 4.85. The lowest BCUT2D eigenvalue weighted by molar-refractivity contribution is 0.383. The summed E-state index contributed by atoms with van der Waals surface area (Å²) in [5.41, 5.74) is 6.55. The highest BCUT2D eigenvalue weighted by Gasteiger charge is 2.22. The summed E-state index contributed by atoms with van der Waals surface area (Å²) in [7, 11) is -1.54. The molecule has 0 fully saturated rings. The highest BCUT2D eigenvalue weighted by atomic mass is 32.2. The molecular formula is C14H24N2O2S3. The van der Waals surface area contributed by atoms with E-state index >= 15 is 0 Å². The first-order valence-corrected chi connectivity index (χ1v) is 10.8. The molecule has 0 aliphatic carbocycles. The van der Waals surface area contributed by atoms with Crippen molar-refractivity contribution in [1.82, 2.24) is 4.31 Å². The standard InChI is InChI=1S/C14H24N2O2S3/c1-12(8-9-19-3)16(2)21(17,18)11-10-20-14-7-5-4-6-13(14)15/h4-7,12H,8-11,15H2,1-3H3. The van der Waals surface area contributed by atoms with E-state index in [4.69, 9.17) is 5.73 Å². The molecule has 0 amide bonds. The van der Waals surface area contributed by atoms with Crippen molar-refractivity contribution in [2.75, 3.05) is 36.3 Å². The van der Waals surface area contributed by atoms with Crippen molar-refractivity contribution < 1.29 is 8.42 Å². The lowest BCUT2D eigenvalue weighted by atomic mass is 10.3. The van der Waals surface area contributed by atoms with Crippen LogP contribution in [0.1, 0.15) is 13.3 Å². The minimum atomic E-state index is -3.21. The van der Waals surface area contributed by atoms with E-state index in [-0.39, 0.29) is 11.8 Å². The molecule has 1 unspecified atom stereocenters. The summed E-state index contributed by atoms with van der Waals surface area (Å²) < 4.78 is 26.1. The average molecular weight is 349 g/mol. The molecule has 4 nitrogen and oxygen atoms in total. The van der Waals surface area contributed by atoms with Crippen LogP contribution in [0, 0.1) is 0 Å². The molecular weight excluding hydrogens is 324 g/mol. The van der Waals surface area contributed by atoms with Gasteiger partial charge in [0.2, 0.25) is 10.0 Å². The molecule has 0 saturated carbocycles. The Balaban J connectivity index is 2.51. The smallest absolute Gasteiger partial charge is 0.214 e. The normalized spacial score (nSPS) is 13.5. The van der Waals surface area contributed by atoms with E-state index in [1.807, 2.05) is 37.4 Å². The quantitative estimate of drug-likeness (QED) is 0.549. The topological polar surface area (TPSA) is 63.4 Å². The molecule has 0 bridgehead atoms. The molecule has 2 N–H and O–H groups in total. The fourth-order valence-corrected chi connectivity index (χ4v) is 5.08. The van der Waals surface area contributed by atoms with Crippen molar-refractivity contribution in [1.29, 1.82) is 0 Å². The molecule has 0 spiro atoms. The zero-order valence-corrected chi connectivity index (χ0v) is 15.2. The predicted molar refractivity (Wildman–Crippen MR) is 95.6 cm³/mol. The molecule has 0 aliphatic heterocycles. The summed E-state index contributed by atoms with van der Waals surface area (Å²) in [6.45, 7) is 1.95. The zero-order chi connectivity index (χ0) is 15.9. The first kappa shape index (κ1) is 18.7. The van der Waals surface area contributed by atoms with E-state index in [1.165, 1.54) is 16.1 Å². The van der Waals surface area contributed by atoms with Gasteiger partial charge in [0.25, 0.3) is 0 Å². The van der Waals surface area contributed by atoms with Crippen molar-refractivity contribution in [2.45, 2.75) is 24.3 Å². The van der Waals surface area contributed by atoms with Gasteiger partial charge in [-0.2, -0.15) is 11.8 Å². The van der Waals surface area contributed by atoms with Gasteiger partial charge in [-0.1, -0.05) is 12.1 Å². The first-order chi connectivity index (χ1) is 9.88. The predicted octanol–water partition coefficient (Wildman–Crippen LogP) is 2.76. The molecule has 0 aliphatic rings. The SMILES string of the molecule is CSCCC(C)N(C)S(=O)(=O)CCSc1ccccc1N. The van der Waals surface area contributed by atoms with Gasteiger partial charge in [0.05, 0.1) is 5.75 Å². The Morgan fingerprint density at radius 3 is 2.57 bits per heavy atom. The minimum absolute atomic E-state index is 0.0363. The van der Waals surface area contributed by atoms with Crippen molar-refractivity contribution in [2.24, 2.45) is 0 Å². The Hall–Kier alpha value is -0.370. The molecule has 0 radical (unpaired) electrons. The van der Waals surface area contributed by atoms with Gasteiger partial charge >= 0.3 is 0 Å². The van der Waals surface area contributed by atoms with Crippen molar-refractivity contribution in [3.05, 3.63) is 24.3 Å². The number of hydrogen-bond donors (Lipinski definition) is 1. The number of nitrogen functional groups attached to an aromatic ring is 1. The van der Waals surface area contributed by atoms with Crippen LogP contribution in [0.4, 0.5) is 5.69 Å². The van der Waals surface area contributed by atoms with Crippen LogP contribution in [0.5, 0.6) is 0 Å². The molecule has 1 aromatic rings. The third kappa shape index (κ3) is 6.10. The third-order valence-corrected chi connectivity index (χ3v) is 7.27. The number of hydrogen-bond acceptors (Lipinski definition) is 5. The average Bonchev–Trinajstić information content (AvgIpc) is 2.45. The van der Waals surface area contributed by atoms with Gasteiger partial charge in [0.1, 0.15) is 0 Å². The molecule has 0 saturated heterocycles. The monoisotopic (exact) mass is 348 g/mol. The van der Waals surface area contributed by atoms with Gasteiger partial charge in [-0.3, -0.25) is 0 Å². The summed E-state index contributed by atoms with van der Waals surface area (Å²) in [5, 5.41) is 0. The van der Waals surface area contributed by atoms with Crippen LogP contribution in [0.2, 0.25) is 0 Å². The summed E-state index contributed by atoms with van der Waals surface area (Å²) in [4.78, 5) is 0.936. The second-order valence-corrected chi connectivity index (χ2v) is 9.12. The molecule has 0 heterocycles. The molecule has 1 aromatic carbocycles. The molecule has 1 rings (SSSR count). The fourth-order valence-electron chi connectivity index (χ4n) is 1.76. The number of anilines is 1. The summed E-state index contributed by atoms with van der Waals surface area (Å²) in [6.07, 6.45) is 2.90. The van der Waals surface area contributed by atoms with Crippen molar-refractivity contribution in [3.8, 4) is 0 Å². The minimum Gasteiger partial charge on any atom is -0.398 e. The molecule has 0 aromatic heterocycles. The number of rotatable bonds is 9. The molecule has 21 heavy (non-hydrogen) atoms. The number of thioether (sulfide) groups is 2. The van der Waals surface area contributed by atoms with Crippen LogP contribution in [0.15, 0.2) is 29.2 Å². The van der Waals surface area contributed by atoms with Crippen LogP contribution in [-0.4, -0.2) is 49.3 Å². The van der Waals surface area contributed by atoms with Gasteiger partial charge in [0, 0.05) is 29.4 Å². The lowest BCUT2D eigenvalue weighted by Crippen LogP contribution is -2.37.